The molecule has 0 spiro atoms. The highest BCUT2D eigenvalue weighted by Crippen LogP contribution is 2.12. The summed E-state index contributed by atoms with van der Waals surface area (Å²) in [6, 6.07) is 0.0451. The summed E-state index contributed by atoms with van der Waals surface area (Å²) < 4.78 is 6.01. The van der Waals surface area contributed by atoms with Gasteiger partial charge in [-0.15, -0.1) is 0 Å². The summed E-state index contributed by atoms with van der Waals surface area (Å²) in [6.45, 7) is 7.92. The Kier molecular flexibility index (Phi) is 5.74. The quantitative estimate of drug-likeness (QED) is 0.909. The molecule has 1 aromatic rings. The van der Waals surface area contributed by atoms with E-state index in [0.29, 0.717) is 12.5 Å². The number of carbonyl (C=O) groups is 1. The van der Waals surface area contributed by atoms with Crippen molar-refractivity contribution in [3.63, 3.8) is 0 Å². The van der Waals surface area contributed by atoms with Crippen molar-refractivity contribution in [1.29, 1.82) is 0 Å². The maximum Gasteiger partial charge on any atom is 0.407 e. The highest BCUT2D eigenvalue weighted by molar-refractivity contribution is 9.10. The van der Waals surface area contributed by atoms with E-state index in [0.717, 1.165) is 4.47 Å². The molecule has 6 nitrogen and oxygen atoms in total. The fraction of sp³-hybridized carbons (Fsp3) is 0.615. The van der Waals surface area contributed by atoms with Gasteiger partial charge in [0.1, 0.15) is 5.60 Å². The fourth-order valence-corrected chi connectivity index (χ4v) is 1.57. The Bertz CT molecular complexity index is 445. The number of halogens is 1. The van der Waals surface area contributed by atoms with Gasteiger partial charge < -0.3 is 15.0 Å². The average Bonchev–Trinajstić information content (AvgIpc) is 2.34. The zero-order valence-corrected chi connectivity index (χ0v) is 14.1. The molecule has 0 radical (unpaired) electrons. The first-order valence-electron chi connectivity index (χ1n) is 6.36. The van der Waals surface area contributed by atoms with Gasteiger partial charge in [-0.3, -0.25) is 0 Å². The summed E-state index contributed by atoms with van der Waals surface area (Å²) in [5.41, 5.74) is -0.492. The SMILES string of the molecule is CC(CNC(=O)OC(C)(C)C)N(C)c1ncc(Br)cn1. The zero-order chi connectivity index (χ0) is 15.3. The lowest BCUT2D eigenvalue weighted by Crippen LogP contribution is -2.42. The summed E-state index contributed by atoms with van der Waals surface area (Å²) in [7, 11) is 1.88. The molecule has 20 heavy (non-hydrogen) atoms. The highest BCUT2D eigenvalue weighted by Gasteiger charge is 2.18. The molecule has 0 aliphatic heterocycles. The van der Waals surface area contributed by atoms with E-state index in [9.17, 15) is 4.79 Å². The molecule has 1 rings (SSSR count). The van der Waals surface area contributed by atoms with Crippen molar-refractivity contribution in [2.75, 3.05) is 18.5 Å². The van der Waals surface area contributed by atoms with Crippen molar-refractivity contribution >= 4 is 28.0 Å². The van der Waals surface area contributed by atoms with Crippen LogP contribution in [0.2, 0.25) is 0 Å². The van der Waals surface area contributed by atoms with Crippen LogP contribution in [0.4, 0.5) is 10.7 Å². The number of hydrogen-bond donors (Lipinski definition) is 1. The van der Waals surface area contributed by atoms with Crippen LogP contribution in [0.15, 0.2) is 16.9 Å². The second-order valence-corrected chi connectivity index (χ2v) is 6.46. The molecule has 0 bridgehead atoms. The number of ether oxygens (including phenoxy) is 1. The Morgan fingerprint density at radius 2 is 2.00 bits per heavy atom. The number of alkyl carbamates (subject to hydrolysis) is 1. The number of aromatic nitrogens is 2. The Hall–Kier alpha value is -1.37. The number of amides is 1. The van der Waals surface area contributed by atoms with Gasteiger partial charge in [0.2, 0.25) is 5.95 Å². The zero-order valence-electron chi connectivity index (χ0n) is 12.5. The van der Waals surface area contributed by atoms with Gasteiger partial charge in [0.25, 0.3) is 0 Å². The number of anilines is 1. The lowest BCUT2D eigenvalue weighted by atomic mass is 10.2. The third-order valence-electron chi connectivity index (χ3n) is 2.52. The van der Waals surface area contributed by atoms with Crippen LogP contribution in [0.3, 0.4) is 0 Å². The molecule has 0 aromatic carbocycles. The van der Waals surface area contributed by atoms with E-state index in [2.05, 4.69) is 31.2 Å². The van der Waals surface area contributed by atoms with E-state index >= 15 is 0 Å². The van der Waals surface area contributed by atoms with Crippen LogP contribution < -0.4 is 10.2 Å². The molecule has 1 N–H and O–H groups in total. The lowest BCUT2D eigenvalue weighted by molar-refractivity contribution is 0.0525. The van der Waals surface area contributed by atoms with Crippen LogP contribution in [0.25, 0.3) is 0 Å². The third kappa shape index (κ3) is 5.73. The van der Waals surface area contributed by atoms with Gasteiger partial charge in [-0.05, 0) is 43.6 Å². The number of rotatable bonds is 4. The van der Waals surface area contributed by atoms with Gasteiger partial charge >= 0.3 is 6.09 Å². The number of hydrogen-bond acceptors (Lipinski definition) is 5. The molecule has 0 saturated carbocycles. The Morgan fingerprint density at radius 1 is 1.45 bits per heavy atom. The molecule has 0 aliphatic carbocycles. The molecule has 0 saturated heterocycles. The molecule has 0 aliphatic rings. The van der Waals surface area contributed by atoms with Crippen molar-refractivity contribution in [2.24, 2.45) is 0 Å². The van der Waals surface area contributed by atoms with Crippen LogP contribution >= 0.6 is 15.9 Å². The average molecular weight is 345 g/mol. The van der Waals surface area contributed by atoms with Gasteiger partial charge in [0.15, 0.2) is 0 Å². The van der Waals surface area contributed by atoms with Crippen LogP contribution in [0, 0.1) is 0 Å². The number of likely N-dealkylation sites (N-methyl/N-ethyl adjacent to an activating group) is 1. The summed E-state index contributed by atoms with van der Waals surface area (Å²) in [5.74, 6) is 0.603. The van der Waals surface area contributed by atoms with Crippen molar-refractivity contribution in [3.05, 3.63) is 16.9 Å². The van der Waals surface area contributed by atoms with Crippen LogP contribution in [-0.4, -0.2) is 41.3 Å². The first-order chi connectivity index (χ1) is 9.19. The minimum Gasteiger partial charge on any atom is -0.444 e. The molecule has 0 fully saturated rings. The second kappa shape index (κ2) is 6.88. The first kappa shape index (κ1) is 16.7. The third-order valence-corrected chi connectivity index (χ3v) is 2.93. The summed E-state index contributed by atoms with van der Waals surface area (Å²) in [6.07, 6.45) is 2.95. The molecular weight excluding hydrogens is 324 g/mol. The van der Waals surface area contributed by atoms with Crippen LogP contribution in [-0.2, 0) is 4.74 Å². The normalized spacial score (nSPS) is 12.7. The fourth-order valence-electron chi connectivity index (χ4n) is 1.37. The smallest absolute Gasteiger partial charge is 0.407 e. The maximum absolute atomic E-state index is 11.6. The standard InChI is InChI=1S/C13H21BrN4O2/c1-9(6-17-12(19)20-13(2,3)4)18(5)11-15-7-10(14)8-16-11/h7-9H,6H2,1-5H3,(H,17,19). The minimum atomic E-state index is -0.492. The van der Waals surface area contributed by atoms with E-state index in [-0.39, 0.29) is 6.04 Å². The molecule has 1 unspecified atom stereocenters. The van der Waals surface area contributed by atoms with Crippen molar-refractivity contribution in [2.45, 2.75) is 39.3 Å². The van der Waals surface area contributed by atoms with Gasteiger partial charge in [-0.25, -0.2) is 14.8 Å². The molecule has 1 heterocycles. The highest BCUT2D eigenvalue weighted by atomic mass is 79.9. The van der Waals surface area contributed by atoms with Crippen molar-refractivity contribution < 1.29 is 9.53 Å². The summed E-state index contributed by atoms with van der Waals surface area (Å²) >= 11 is 3.29. The monoisotopic (exact) mass is 344 g/mol. The van der Waals surface area contributed by atoms with Gasteiger partial charge in [-0.2, -0.15) is 0 Å². The Morgan fingerprint density at radius 3 is 2.50 bits per heavy atom. The minimum absolute atomic E-state index is 0.0451. The largest absolute Gasteiger partial charge is 0.444 e. The number of nitrogens with one attached hydrogen (secondary N) is 1. The Labute approximate surface area is 128 Å². The summed E-state index contributed by atoms with van der Waals surface area (Å²) in [4.78, 5) is 21.9. The second-order valence-electron chi connectivity index (χ2n) is 5.54. The predicted molar refractivity (Wildman–Crippen MR) is 81.8 cm³/mol. The van der Waals surface area contributed by atoms with Crippen molar-refractivity contribution in [1.82, 2.24) is 15.3 Å². The topological polar surface area (TPSA) is 67.3 Å². The van der Waals surface area contributed by atoms with Crippen LogP contribution in [0.5, 0.6) is 0 Å². The van der Waals surface area contributed by atoms with E-state index < -0.39 is 11.7 Å². The van der Waals surface area contributed by atoms with E-state index in [1.807, 2.05) is 39.6 Å². The van der Waals surface area contributed by atoms with E-state index in [1.165, 1.54) is 0 Å². The first-order valence-corrected chi connectivity index (χ1v) is 7.15. The van der Waals surface area contributed by atoms with Crippen LogP contribution in [0.1, 0.15) is 27.7 Å². The number of nitrogens with zero attached hydrogens (tertiary/aromatic N) is 3. The Balaban J connectivity index is 2.48. The number of carbonyl (C=O) groups excluding carboxylic acids is 1. The van der Waals surface area contributed by atoms with E-state index in [4.69, 9.17) is 4.74 Å². The molecule has 7 heteroatoms. The summed E-state index contributed by atoms with van der Waals surface area (Å²) in [5, 5.41) is 2.73. The van der Waals surface area contributed by atoms with E-state index in [1.54, 1.807) is 12.4 Å². The molecule has 1 amide bonds. The van der Waals surface area contributed by atoms with Gasteiger partial charge in [-0.1, -0.05) is 0 Å². The molecule has 112 valence electrons. The molecule has 1 atom stereocenters. The maximum atomic E-state index is 11.6. The van der Waals surface area contributed by atoms with Crippen molar-refractivity contribution in [3.8, 4) is 0 Å². The van der Waals surface area contributed by atoms with Gasteiger partial charge in [0, 0.05) is 32.0 Å². The predicted octanol–water partition coefficient (Wildman–Crippen LogP) is 2.59. The molecule has 1 aromatic heterocycles. The lowest BCUT2D eigenvalue weighted by Gasteiger charge is -2.26. The molecular formula is C13H21BrN4O2. The van der Waals surface area contributed by atoms with Gasteiger partial charge in [0.05, 0.1) is 4.47 Å².